The molecule has 3 aliphatic heterocycles. The lowest BCUT2D eigenvalue weighted by Gasteiger charge is -2.46. The molecule has 0 unspecified atom stereocenters. The van der Waals surface area contributed by atoms with Crippen molar-refractivity contribution in [2.45, 2.75) is 58.9 Å². The average molecular weight is 508 g/mol. The van der Waals surface area contributed by atoms with E-state index in [1.165, 1.54) is 6.07 Å². The predicted octanol–water partition coefficient (Wildman–Crippen LogP) is 2.90. The first-order chi connectivity index (χ1) is 17.9. The topological polar surface area (TPSA) is 105 Å². The van der Waals surface area contributed by atoms with Crippen LogP contribution in [0.2, 0.25) is 0 Å². The zero-order chi connectivity index (χ0) is 26.2. The van der Waals surface area contributed by atoms with Gasteiger partial charge in [0.2, 0.25) is 0 Å². The van der Waals surface area contributed by atoms with Crippen molar-refractivity contribution in [2.24, 2.45) is 5.92 Å². The lowest BCUT2D eigenvalue weighted by molar-refractivity contribution is -0.157. The van der Waals surface area contributed by atoms with Gasteiger partial charge in [0.15, 0.2) is 6.10 Å². The Morgan fingerprint density at radius 1 is 1.16 bits per heavy atom. The maximum absolute atomic E-state index is 14.9. The third-order valence-corrected chi connectivity index (χ3v) is 8.30. The van der Waals surface area contributed by atoms with E-state index in [-0.39, 0.29) is 47.7 Å². The number of pyridine rings is 2. The van der Waals surface area contributed by atoms with Gasteiger partial charge >= 0.3 is 5.97 Å². The Morgan fingerprint density at radius 2 is 1.92 bits per heavy atom. The van der Waals surface area contributed by atoms with E-state index in [1.54, 1.807) is 17.6 Å². The van der Waals surface area contributed by atoms with Crippen LogP contribution in [0.3, 0.4) is 0 Å². The standard InChI is InChI=1S/C26H24FN3O5.C2H6/c1-11-13-2-3-19(29-6-12(7-29)9-31)22-15-8-30-20(23(15)28-18(21(13)22)5-17(11)27)4-14-16(25(30)33)10-35-26(34)24(14)32;1-2/h4-5,12,19,24,31-32H,2-3,6-10H2,1H3;1-2H3/t19-,24+;/m1./s1. The number of aliphatic hydroxyl groups excluding tert-OH is 2. The summed E-state index contributed by atoms with van der Waals surface area (Å²) in [6.45, 7) is 7.70. The van der Waals surface area contributed by atoms with E-state index in [0.29, 0.717) is 29.0 Å². The first-order valence-electron chi connectivity index (χ1n) is 13.0. The quantitative estimate of drug-likeness (QED) is 0.402. The molecule has 37 heavy (non-hydrogen) atoms. The molecule has 8 nitrogen and oxygen atoms in total. The van der Waals surface area contributed by atoms with Crippen LogP contribution < -0.4 is 5.56 Å². The number of fused-ring (bicyclic) bond motifs is 5. The van der Waals surface area contributed by atoms with Crippen LogP contribution >= 0.6 is 0 Å². The number of carbonyl (C=O) groups excluding carboxylic acids is 1. The smallest absolute Gasteiger partial charge is 0.340 e. The summed E-state index contributed by atoms with van der Waals surface area (Å²) in [5.74, 6) is -0.824. The maximum atomic E-state index is 14.9. The molecule has 194 valence electrons. The summed E-state index contributed by atoms with van der Waals surface area (Å²) in [7, 11) is 0. The fraction of sp³-hybridized carbons (Fsp3) is 0.464. The number of aromatic nitrogens is 2. The van der Waals surface area contributed by atoms with E-state index in [2.05, 4.69) is 4.90 Å². The van der Waals surface area contributed by atoms with Crippen LogP contribution in [-0.4, -0.2) is 50.3 Å². The zero-order valence-electron chi connectivity index (χ0n) is 21.2. The van der Waals surface area contributed by atoms with E-state index in [4.69, 9.17) is 9.72 Å². The molecule has 7 rings (SSSR count). The number of esters is 1. The Hall–Kier alpha value is -3.14. The fourth-order valence-electron chi connectivity index (χ4n) is 6.42. The fourth-order valence-corrected chi connectivity index (χ4v) is 6.42. The van der Waals surface area contributed by atoms with Crippen molar-refractivity contribution in [3.05, 3.63) is 61.7 Å². The second-order valence-corrected chi connectivity index (χ2v) is 10.1. The molecule has 5 heterocycles. The van der Waals surface area contributed by atoms with Crippen molar-refractivity contribution in [1.29, 1.82) is 0 Å². The van der Waals surface area contributed by atoms with Crippen molar-refractivity contribution in [3.63, 3.8) is 0 Å². The molecular formula is C28H30FN3O5. The first-order valence-corrected chi connectivity index (χ1v) is 13.0. The van der Waals surface area contributed by atoms with Gasteiger partial charge in [0.25, 0.3) is 5.56 Å². The molecule has 0 bridgehead atoms. The highest BCUT2D eigenvalue weighted by Crippen LogP contribution is 2.48. The van der Waals surface area contributed by atoms with Gasteiger partial charge in [-0.3, -0.25) is 9.69 Å². The predicted molar refractivity (Wildman–Crippen MR) is 135 cm³/mol. The van der Waals surface area contributed by atoms with Crippen LogP contribution in [0.5, 0.6) is 0 Å². The highest BCUT2D eigenvalue weighted by molar-refractivity contribution is 5.93. The number of halogens is 1. The number of likely N-dealkylation sites (tertiary alicyclic amines) is 1. The molecule has 4 aliphatic rings. The lowest BCUT2D eigenvalue weighted by atomic mass is 9.79. The summed E-state index contributed by atoms with van der Waals surface area (Å²) < 4.78 is 21.5. The summed E-state index contributed by atoms with van der Waals surface area (Å²) in [5, 5.41) is 20.9. The molecule has 0 spiro atoms. The normalized spacial score (nSPS) is 21.9. The summed E-state index contributed by atoms with van der Waals surface area (Å²) in [4.78, 5) is 32.6. The Balaban J connectivity index is 0.00000123. The highest BCUT2D eigenvalue weighted by Gasteiger charge is 2.41. The highest BCUT2D eigenvalue weighted by atomic mass is 19.1. The number of hydrogen-bond donors (Lipinski definition) is 2. The molecule has 2 aromatic heterocycles. The van der Waals surface area contributed by atoms with Gasteiger partial charge in [-0.2, -0.15) is 0 Å². The number of aryl methyl sites for hydroxylation is 1. The van der Waals surface area contributed by atoms with E-state index in [0.717, 1.165) is 48.0 Å². The van der Waals surface area contributed by atoms with E-state index in [9.17, 15) is 24.2 Å². The van der Waals surface area contributed by atoms with Crippen LogP contribution in [0.1, 0.15) is 65.8 Å². The Labute approximate surface area is 213 Å². The van der Waals surface area contributed by atoms with Crippen molar-refractivity contribution in [2.75, 3.05) is 19.7 Å². The van der Waals surface area contributed by atoms with Crippen LogP contribution in [-0.2, 0) is 29.1 Å². The zero-order valence-corrected chi connectivity index (χ0v) is 21.2. The van der Waals surface area contributed by atoms with Gasteiger partial charge in [-0.25, -0.2) is 14.2 Å². The van der Waals surface area contributed by atoms with E-state index in [1.807, 2.05) is 13.8 Å². The van der Waals surface area contributed by atoms with Crippen molar-refractivity contribution in [1.82, 2.24) is 14.5 Å². The number of carbonyl (C=O) groups is 1. The lowest BCUT2D eigenvalue weighted by Crippen LogP contribution is -2.50. The molecule has 0 radical (unpaired) electrons. The number of benzene rings is 1. The largest absolute Gasteiger partial charge is 0.458 e. The summed E-state index contributed by atoms with van der Waals surface area (Å²) >= 11 is 0. The Morgan fingerprint density at radius 3 is 2.65 bits per heavy atom. The minimum atomic E-state index is -1.52. The van der Waals surface area contributed by atoms with Gasteiger partial charge < -0.3 is 19.5 Å². The number of hydrogen-bond acceptors (Lipinski definition) is 7. The van der Waals surface area contributed by atoms with Crippen molar-refractivity contribution >= 4 is 16.9 Å². The SMILES string of the molecule is CC.Cc1c(F)cc2nc3c(c4c2c1CC[C@H]4N1CC(CO)C1)Cn1c-3cc2c(c1=O)COC(=O)[C@H]2O. The third kappa shape index (κ3) is 3.34. The van der Waals surface area contributed by atoms with Crippen LogP contribution in [0, 0.1) is 18.7 Å². The number of ether oxygens (including phenoxy) is 1. The van der Waals surface area contributed by atoms with E-state index < -0.39 is 12.1 Å². The van der Waals surface area contributed by atoms with Gasteiger partial charge in [0.05, 0.1) is 29.0 Å². The third-order valence-electron chi connectivity index (χ3n) is 8.30. The molecule has 0 amide bonds. The second-order valence-electron chi connectivity index (χ2n) is 10.1. The van der Waals surface area contributed by atoms with Gasteiger partial charge in [-0.1, -0.05) is 13.8 Å². The van der Waals surface area contributed by atoms with Crippen molar-refractivity contribution < 1.29 is 24.1 Å². The summed E-state index contributed by atoms with van der Waals surface area (Å²) in [5.41, 5.74) is 5.52. The van der Waals surface area contributed by atoms with Crippen LogP contribution in [0.15, 0.2) is 16.9 Å². The molecule has 3 aromatic rings. The van der Waals surface area contributed by atoms with E-state index >= 15 is 0 Å². The molecule has 0 saturated carbocycles. The van der Waals surface area contributed by atoms with Crippen LogP contribution in [0.25, 0.3) is 22.3 Å². The summed E-state index contributed by atoms with van der Waals surface area (Å²) in [6, 6.07) is 3.22. The minimum Gasteiger partial charge on any atom is -0.458 e. The number of rotatable bonds is 2. The molecule has 2 atom stereocenters. The van der Waals surface area contributed by atoms with Gasteiger partial charge in [0.1, 0.15) is 12.4 Å². The van der Waals surface area contributed by atoms with Gasteiger partial charge in [-0.15, -0.1) is 0 Å². The van der Waals surface area contributed by atoms with Crippen LogP contribution in [0.4, 0.5) is 4.39 Å². The Bertz CT molecular complexity index is 1530. The molecule has 2 N–H and O–H groups in total. The first kappa shape index (κ1) is 24.2. The molecule has 1 aliphatic carbocycles. The number of nitrogens with zero attached hydrogens (tertiary/aromatic N) is 3. The number of aliphatic hydroxyl groups is 2. The molecular weight excluding hydrogens is 477 g/mol. The molecule has 1 fully saturated rings. The molecule has 9 heteroatoms. The maximum Gasteiger partial charge on any atom is 0.340 e. The average Bonchev–Trinajstić information content (AvgIpc) is 3.25. The minimum absolute atomic E-state index is 0.0875. The number of cyclic esters (lactones) is 1. The second kappa shape index (κ2) is 8.72. The monoisotopic (exact) mass is 507 g/mol. The molecule has 1 aromatic carbocycles. The Kier molecular flexibility index (Phi) is 5.70. The van der Waals surface area contributed by atoms with Crippen molar-refractivity contribution in [3.8, 4) is 11.4 Å². The summed E-state index contributed by atoms with van der Waals surface area (Å²) in [6.07, 6.45) is 0.0472. The van der Waals surface area contributed by atoms with Gasteiger partial charge in [-0.05, 0) is 42.5 Å². The van der Waals surface area contributed by atoms with Gasteiger partial charge in [0, 0.05) is 54.2 Å². The molecule has 1 saturated heterocycles.